The zero-order chi connectivity index (χ0) is 19.2. The molecule has 2 aromatic carbocycles. The van der Waals surface area contributed by atoms with Gasteiger partial charge in [0.05, 0.1) is 21.7 Å². The van der Waals surface area contributed by atoms with E-state index < -0.39 is 0 Å². The van der Waals surface area contributed by atoms with Crippen molar-refractivity contribution >= 4 is 35.1 Å². The van der Waals surface area contributed by atoms with Gasteiger partial charge in [0.2, 0.25) is 0 Å². The number of carbonyl (C=O) groups excluding carboxylic acids is 1. The Morgan fingerprint density at radius 3 is 2.56 bits per heavy atom. The molecule has 0 aliphatic rings. The number of allylic oxidation sites excluding steroid dienone is 1. The predicted molar refractivity (Wildman–Crippen MR) is 104 cm³/mol. The first-order chi connectivity index (χ1) is 13.0. The first kappa shape index (κ1) is 18.8. The fraction of sp³-hybridized carbons (Fsp3) is 0.0476. The van der Waals surface area contributed by atoms with E-state index in [4.69, 9.17) is 37.6 Å². The third-order valence-corrected chi connectivity index (χ3v) is 4.39. The molecule has 6 heteroatoms. The molecule has 0 bridgehead atoms. The van der Waals surface area contributed by atoms with Crippen LogP contribution in [0.25, 0.3) is 6.08 Å². The number of ether oxygens (including phenoxy) is 1. The number of nitrogens with zero attached hydrogens (tertiary/aromatic N) is 1. The Balaban J connectivity index is 1.59. The average Bonchev–Trinajstić information content (AvgIpc) is 3.15. The number of furan rings is 1. The molecule has 27 heavy (non-hydrogen) atoms. The van der Waals surface area contributed by atoms with Gasteiger partial charge in [-0.1, -0.05) is 23.2 Å². The van der Waals surface area contributed by atoms with Gasteiger partial charge in [0.25, 0.3) is 0 Å². The lowest BCUT2D eigenvalue weighted by atomic mass is 10.1. The van der Waals surface area contributed by atoms with E-state index in [-0.39, 0.29) is 12.4 Å². The van der Waals surface area contributed by atoms with E-state index in [9.17, 15) is 4.79 Å². The largest absolute Gasteiger partial charge is 0.486 e. The Kier molecular flexibility index (Phi) is 5.97. The quantitative estimate of drug-likeness (QED) is 0.381. The van der Waals surface area contributed by atoms with Crippen molar-refractivity contribution in [2.24, 2.45) is 0 Å². The van der Waals surface area contributed by atoms with Crippen molar-refractivity contribution in [3.05, 3.63) is 93.4 Å². The Bertz CT molecular complexity index is 1030. The molecule has 0 saturated carbocycles. The number of ketones is 1. The number of rotatable bonds is 6. The van der Waals surface area contributed by atoms with Crippen molar-refractivity contribution in [2.45, 2.75) is 6.61 Å². The van der Waals surface area contributed by atoms with Crippen molar-refractivity contribution in [3.63, 3.8) is 0 Å². The molecule has 0 atom stereocenters. The summed E-state index contributed by atoms with van der Waals surface area (Å²) >= 11 is 11.8. The standard InChI is InChI=1S/C21H13Cl2NO3/c22-19-9-3-15(11-20(19)23)21(25)10-8-17-6-7-18(27-17)13-26-16-4-1-14(12-24)2-5-16/h1-11H,13H2/b10-8+. The average molecular weight is 398 g/mol. The van der Waals surface area contributed by atoms with Crippen LogP contribution in [0, 0.1) is 11.3 Å². The van der Waals surface area contributed by atoms with Gasteiger partial charge in [0.1, 0.15) is 23.9 Å². The predicted octanol–water partition coefficient (Wildman–Crippen LogP) is 5.93. The summed E-state index contributed by atoms with van der Waals surface area (Å²) < 4.78 is 11.2. The highest BCUT2D eigenvalue weighted by molar-refractivity contribution is 6.42. The highest BCUT2D eigenvalue weighted by Gasteiger charge is 2.06. The Morgan fingerprint density at radius 2 is 1.85 bits per heavy atom. The third-order valence-electron chi connectivity index (χ3n) is 3.65. The molecule has 134 valence electrons. The summed E-state index contributed by atoms with van der Waals surface area (Å²) in [4.78, 5) is 12.2. The van der Waals surface area contributed by atoms with Crippen molar-refractivity contribution < 1.29 is 13.9 Å². The minimum Gasteiger partial charge on any atom is -0.486 e. The molecule has 0 unspecified atom stereocenters. The molecule has 0 N–H and O–H groups in total. The van der Waals surface area contributed by atoms with E-state index in [0.717, 1.165) is 0 Å². The van der Waals surface area contributed by atoms with Gasteiger partial charge in [-0.25, -0.2) is 0 Å². The minimum absolute atomic E-state index is 0.208. The van der Waals surface area contributed by atoms with Crippen LogP contribution in [0.15, 0.2) is 65.1 Å². The summed E-state index contributed by atoms with van der Waals surface area (Å²) in [5.41, 5.74) is 1.01. The number of benzene rings is 2. The van der Waals surface area contributed by atoms with E-state index in [1.165, 1.54) is 12.1 Å². The van der Waals surface area contributed by atoms with Gasteiger partial charge in [-0.2, -0.15) is 5.26 Å². The molecule has 0 amide bonds. The van der Waals surface area contributed by atoms with Gasteiger partial charge >= 0.3 is 0 Å². The van der Waals surface area contributed by atoms with Crippen LogP contribution in [0.1, 0.15) is 27.4 Å². The van der Waals surface area contributed by atoms with Gasteiger partial charge in [-0.05, 0) is 66.7 Å². The van der Waals surface area contributed by atoms with Gasteiger partial charge in [-0.15, -0.1) is 0 Å². The van der Waals surface area contributed by atoms with Crippen molar-refractivity contribution in [2.75, 3.05) is 0 Å². The topological polar surface area (TPSA) is 63.2 Å². The molecular weight excluding hydrogens is 385 g/mol. The fourth-order valence-electron chi connectivity index (χ4n) is 2.25. The van der Waals surface area contributed by atoms with E-state index in [2.05, 4.69) is 0 Å². The maximum absolute atomic E-state index is 12.2. The van der Waals surface area contributed by atoms with E-state index in [1.54, 1.807) is 54.6 Å². The summed E-state index contributed by atoms with van der Waals surface area (Å²) in [5.74, 6) is 1.57. The number of hydrogen-bond acceptors (Lipinski definition) is 4. The molecule has 0 aliphatic carbocycles. The summed E-state index contributed by atoms with van der Waals surface area (Å²) in [6, 6.07) is 17.1. The fourth-order valence-corrected chi connectivity index (χ4v) is 2.54. The number of halogens is 2. The van der Waals surface area contributed by atoms with Gasteiger partial charge in [-0.3, -0.25) is 4.79 Å². The Morgan fingerprint density at radius 1 is 1.07 bits per heavy atom. The van der Waals surface area contributed by atoms with Crippen LogP contribution in [-0.4, -0.2) is 5.78 Å². The highest BCUT2D eigenvalue weighted by atomic mass is 35.5. The second-order valence-electron chi connectivity index (χ2n) is 5.56. The summed E-state index contributed by atoms with van der Waals surface area (Å²) in [5, 5.41) is 9.51. The summed E-state index contributed by atoms with van der Waals surface area (Å²) in [6.45, 7) is 0.237. The summed E-state index contributed by atoms with van der Waals surface area (Å²) in [7, 11) is 0. The van der Waals surface area contributed by atoms with Gasteiger partial charge in [0.15, 0.2) is 5.78 Å². The zero-order valence-corrected chi connectivity index (χ0v) is 15.5. The maximum Gasteiger partial charge on any atom is 0.186 e. The zero-order valence-electron chi connectivity index (χ0n) is 14.0. The molecule has 1 heterocycles. The Labute approximate surface area is 166 Å². The van der Waals surface area contributed by atoms with Crippen LogP contribution >= 0.6 is 23.2 Å². The molecule has 0 fully saturated rings. The molecule has 3 rings (SSSR count). The second-order valence-corrected chi connectivity index (χ2v) is 6.37. The normalized spacial score (nSPS) is 10.7. The van der Waals surface area contributed by atoms with E-state index in [1.807, 2.05) is 6.07 Å². The molecule has 1 aromatic heterocycles. The second kappa shape index (κ2) is 8.59. The Hall–Kier alpha value is -3.00. The number of carbonyl (C=O) groups is 1. The molecule has 0 spiro atoms. The smallest absolute Gasteiger partial charge is 0.186 e. The van der Waals surface area contributed by atoms with Crippen LogP contribution in [-0.2, 0) is 6.61 Å². The van der Waals surface area contributed by atoms with Crippen LogP contribution in [0.5, 0.6) is 5.75 Å². The van der Waals surface area contributed by atoms with Crippen LogP contribution in [0.3, 0.4) is 0 Å². The van der Waals surface area contributed by atoms with Gasteiger partial charge < -0.3 is 9.15 Å². The lowest BCUT2D eigenvalue weighted by Gasteiger charge is -2.03. The minimum atomic E-state index is -0.208. The van der Waals surface area contributed by atoms with Gasteiger partial charge in [0, 0.05) is 5.56 Å². The lowest BCUT2D eigenvalue weighted by molar-refractivity contribution is 0.104. The maximum atomic E-state index is 12.2. The lowest BCUT2D eigenvalue weighted by Crippen LogP contribution is -1.94. The first-order valence-corrected chi connectivity index (χ1v) is 8.70. The van der Waals surface area contributed by atoms with Crippen molar-refractivity contribution in [3.8, 4) is 11.8 Å². The number of nitriles is 1. The summed E-state index contributed by atoms with van der Waals surface area (Å²) in [6.07, 6.45) is 2.99. The molecule has 0 saturated heterocycles. The first-order valence-electron chi connectivity index (χ1n) is 7.94. The SMILES string of the molecule is N#Cc1ccc(OCc2ccc(/C=C/C(=O)c3ccc(Cl)c(Cl)c3)o2)cc1. The van der Waals surface area contributed by atoms with Crippen LogP contribution < -0.4 is 4.74 Å². The third kappa shape index (κ3) is 5.01. The number of hydrogen-bond donors (Lipinski definition) is 0. The van der Waals surface area contributed by atoms with Crippen LogP contribution in [0.2, 0.25) is 10.0 Å². The monoisotopic (exact) mass is 397 g/mol. The van der Waals surface area contributed by atoms with Crippen molar-refractivity contribution in [1.29, 1.82) is 5.26 Å². The molecule has 0 aliphatic heterocycles. The molecule has 3 aromatic rings. The molecular formula is C21H13Cl2NO3. The van der Waals surface area contributed by atoms with Crippen molar-refractivity contribution in [1.82, 2.24) is 0 Å². The highest BCUT2D eigenvalue weighted by Crippen LogP contribution is 2.23. The van der Waals surface area contributed by atoms with E-state index >= 15 is 0 Å². The van der Waals surface area contributed by atoms with E-state index in [0.29, 0.717) is 38.4 Å². The molecule has 0 radical (unpaired) electrons. The van der Waals surface area contributed by atoms with Crippen LogP contribution in [0.4, 0.5) is 0 Å². The molecule has 4 nitrogen and oxygen atoms in total.